The van der Waals surface area contributed by atoms with Crippen LogP contribution in [0.1, 0.15) is 5.56 Å². The van der Waals surface area contributed by atoms with E-state index in [0.717, 1.165) is 27.1 Å². The first-order valence-electron chi connectivity index (χ1n) is 6.99. The Morgan fingerprint density at radius 3 is 2.00 bits per heavy atom. The number of hydrogen-bond acceptors (Lipinski definition) is 3. The van der Waals surface area contributed by atoms with Crippen molar-refractivity contribution in [1.29, 1.82) is 0 Å². The third-order valence-corrected chi connectivity index (χ3v) is 4.85. The molecule has 1 heterocycles. The minimum Gasteiger partial charge on any atom is -0.481 e. The minimum atomic E-state index is -0.825. The highest BCUT2D eigenvalue weighted by atomic mass is 35.5. The van der Waals surface area contributed by atoms with Gasteiger partial charge >= 0.3 is 5.97 Å². The van der Waals surface area contributed by atoms with E-state index in [1.54, 1.807) is 6.07 Å². The second-order valence-electron chi connectivity index (χ2n) is 5.18. The van der Waals surface area contributed by atoms with Crippen LogP contribution in [-0.4, -0.2) is 11.1 Å². The summed E-state index contributed by atoms with van der Waals surface area (Å²) in [5.74, 6) is -0.825. The van der Waals surface area contributed by atoms with Crippen molar-refractivity contribution in [1.82, 2.24) is 0 Å². The molecule has 0 bridgehead atoms. The molecule has 0 fully saturated rings. The number of thiophene rings is 1. The smallest absolute Gasteiger partial charge is 0.307 e. The first-order valence-corrected chi connectivity index (χ1v) is 8.19. The van der Waals surface area contributed by atoms with Crippen LogP contribution in [0.5, 0.6) is 0 Å². The molecule has 0 aliphatic rings. The average molecular weight is 344 g/mol. The number of nitrogen functional groups attached to an aromatic ring is 1. The molecule has 0 aliphatic carbocycles. The molecule has 0 amide bonds. The number of benzene rings is 2. The molecule has 116 valence electrons. The van der Waals surface area contributed by atoms with Crippen molar-refractivity contribution < 1.29 is 9.90 Å². The zero-order chi connectivity index (χ0) is 16.4. The highest BCUT2D eigenvalue weighted by Gasteiger charge is 2.08. The van der Waals surface area contributed by atoms with Crippen molar-refractivity contribution in [3.05, 3.63) is 64.5 Å². The first kappa shape index (κ1) is 15.6. The van der Waals surface area contributed by atoms with Crippen LogP contribution in [0.3, 0.4) is 0 Å². The summed E-state index contributed by atoms with van der Waals surface area (Å²) >= 11 is 7.45. The summed E-state index contributed by atoms with van der Waals surface area (Å²) in [4.78, 5) is 11.7. The van der Waals surface area contributed by atoms with Gasteiger partial charge in [-0.25, -0.2) is 0 Å². The van der Waals surface area contributed by atoms with Crippen molar-refractivity contribution in [3.63, 3.8) is 0 Å². The quantitative estimate of drug-likeness (QED) is 0.704. The van der Waals surface area contributed by atoms with Crippen LogP contribution in [0.15, 0.2) is 54.6 Å². The standard InChI is InChI=1S/C18H14ClNO2S/c19-16-10-15(20)18(23-16)14-7-5-13(6-8-14)12-3-1-11(2-4-12)9-17(21)22/h1-8,10H,9,20H2,(H,21,22). The third-order valence-electron chi connectivity index (χ3n) is 3.52. The van der Waals surface area contributed by atoms with Crippen LogP contribution >= 0.6 is 22.9 Å². The molecule has 0 aliphatic heterocycles. The molecule has 0 saturated heterocycles. The lowest BCUT2D eigenvalue weighted by atomic mass is 10.0. The van der Waals surface area contributed by atoms with Gasteiger partial charge in [-0.3, -0.25) is 4.79 Å². The van der Waals surface area contributed by atoms with Crippen LogP contribution in [0, 0.1) is 0 Å². The largest absolute Gasteiger partial charge is 0.481 e. The third kappa shape index (κ3) is 3.55. The number of anilines is 1. The Kier molecular flexibility index (Phi) is 4.37. The lowest BCUT2D eigenvalue weighted by molar-refractivity contribution is -0.136. The van der Waals surface area contributed by atoms with Crippen LogP contribution in [0.4, 0.5) is 5.69 Å². The number of halogens is 1. The van der Waals surface area contributed by atoms with E-state index < -0.39 is 5.97 Å². The molecule has 0 saturated carbocycles. The average Bonchev–Trinajstić information content (AvgIpc) is 2.86. The van der Waals surface area contributed by atoms with E-state index in [-0.39, 0.29) is 6.42 Å². The molecule has 3 N–H and O–H groups in total. The van der Waals surface area contributed by atoms with E-state index in [0.29, 0.717) is 10.0 Å². The Labute approximate surface area is 143 Å². The van der Waals surface area contributed by atoms with Crippen molar-refractivity contribution in [2.45, 2.75) is 6.42 Å². The maximum atomic E-state index is 10.7. The highest BCUT2D eigenvalue weighted by Crippen LogP contribution is 2.37. The van der Waals surface area contributed by atoms with Gasteiger partial charge < -0.3 is 10.8 Å². The molecular weight excluding hydrogens is 330 g/mol. The number of aliphatic carboxylic acids is 1. The summed E-state index contributed by atoms with van der Waals surface area (Å²) in [7, 11) is 0. The number of carboxylic acids is 1. The van der Waals surface area contributed by atoms with E-state index in [9.17, 15) is 4.79 Å². The monoisotopic (exact) mass is 343 g/mol. The molecule has 3 aromatic rings. The normalized spacial score (nSPS) is 10.7. The summed E-state index contributed by atoms with van der Waals surface area (Å²) < 4.78 is 0.676. The van der Waals surface area contributed by atoms with Gasteiger partial charge in [0.1, 0.15) is 0 Å². The molecule has 0 spiro atoms. The molecule has 0 radical (unpaired) electrons. The van der Waals surface area contributed by atoms with Gasteiger partial charge in [0, 0.05) is 0 Å². The maximum Gasteiger partial charge on any atom is 0.307 e. The van der Waals surface area contributed by atoms with Gasteiger partial charge in [-0.05, 0) is 28.3 Å². The van der Waals surface area contributed by atoms with Crippen LogP contribution in [-0.2, 0) is 11.2 Å². The van der Waals surface area contributed by atoms with Crippen molar-refractivity contribution in [2.24, 2.45) is 0 Å². The topological polar surface area (TPSA) is 63.3 Å². The van der Waals surface area contributed by atoms with Crippen LogP contribution in [0.2, 0.25) is 4.34 Å². The number of carboxylic acid groups (broad SMARTS) is 1. The van der Waals surface area contributed by atoms with E-state index in [4.69, 9.17) is 22.4 Å². The van der Waals surface area contributed by atoms with E-state index in [1.165, 1.54) is 11.3 Å². The summed E-state index contributed by atoms with van der Waals surface area (Å²) in [6.07, 6.45) is 0.0393. The van der Waals surface area contributed by atoms with E-state index >= 15 is 0 Å². The lowest BCUT2D eigenvalue weighted by Crippen LogP contribution is -1.99. The number of nitrogens with two attached hydrogens (primary N) is 1. The number of carbonyl (C=O) groups is 1. The highest BCUT2D eigenvalue weighted by molar-refractivity contribution is 7.20. The summed E-state index contributed by atoms with van der Waals surface area (Å²) in [6.45, 7) is 0. The van der Waals surface area contributed by atoms with Gasteiger partial charge in [-0.1, -0.05) is 60.1 Å². The second-order valence-corrected chi connectivity index (χ2v) is 6.86. The Hall–Kier alpha value is -2.30. The predicted octanol–water partition coefficient (Wildman–Crippen LogP) is 4.94. The molecule has 1 aromatic heterocycles. The van der Waals surface area contributed by atoms with Gasteiger partial charge in [0.15, 0.2) is 0 Å². The summed E-state index contributed by atoms with van der Waals surface area (Å²) in [6, 6.07) is 17.4. The minimum absolute atomic E-state index is 0.0393. The fourth-order valence-corrected chi connectivity index (χ4v) is 3.56. The molecule has 2 aromatic carbocycles. The number of rotatable bonds is 4. The zero-order valence-corrected chi connectivity index (χ0v) is 13.7. The van der Waals surface area contributed by atoms with Crippen LogP contribution < -0.4 is 5.73 Å². The van der Waals surface area contributed by atoms with Gasteiger partial charge in [-0.2, -0.15) is 0 Å². The predicted molar refractivity (Wildman–Crippen MR) is 96.0 cm³/mol. The van der Waals surface area contributed by atoms with Gasteiger partial charge in [0.2, 0.25) is 0 Å². The Balaban J connectivity index is 1.84. The Bertz CT molecular complexity index is 838. The van der Waals surface area contributed by atoms with Crippen molar-refractivity contribution in [2.75, 3.05) is 5.73 Å². The first-order chi connectivity index (χ1) is 11.0. The van der Waals surface area contributed by atoms with Gasteiger partial charge in [0.25, 0.3) is 0 Å². The molecule has 0 atom stereocenters. The van der Waals surface area contributed by atoms with Gasteiger partial charge in [0.05, 0.1) is 21.3 Å². The number of hydrogen-bond donors (Lipinski definition) is 2. The fourth-order valence-electron chi connectivity index (χ4n) is 2.40. The van der Waals surface area contributed by atoms with E-state index in [1.807, 2.05) is 48.5 Å². The SMILES string of the molecule is Nc1cc(Cl)sc1-c1ccc(-c2ccc(CC(=O)O)cc2)cc1. The maximum absolute atomic E-state index is 10.7. The molecule has 0 unspecified atom stereocenters. The molecule has 3 rings (SSSR count). The zero-order valence-electron chi connectivity index (χ0n) is 12.1. The second kappa shape index (κ2) is 6.44. The summed E-state index contributed by atoms with van der Waals surface area (Å²) in [5, 5.41) is 8.80. The fraction of sp³-hybridized carbons (Fsp3) is 0.0556. The Morgan fingerprint density at radius 1 is 1.00 bits per heavy atom. The summed E-state index contributed by atoms with van der Waals surface area (Å²) in [5.41, 5.74) is 10.6. The van der Waals surface area contributed by atoms with Crippen molar-refractivity contribution in [3.8, 4) is 21.6 Å². The van der Waals surface area contributed by atoms with Crippen LogP contribution in [0.25, 0.3) is 21.6 Å². The molecular formula is C18H14ClNO2S. The lowest BCUT2D eigenvalue weighted by Gasteiger charge is -2.05. The van der Waals surface area contributed by atoms with Crippen molar-refractivity contribution >= 4 is 34.6 Å². The molecule has 3 nitrogen and oxygen atoms in total. The van der Waals surface area contributed by atoms with E-state index in [2.05, 4.69) is 0 Å². The van der Waals surface area contributed by atoms with Gasteiger partial charge in [-0.15, -0.1) is 11.3 Å². The molecule has 5 heteroatoms. The Morgan fingerprint density at radius 2 is 1.52 bits per heavy atom. The molecule has 23 heavy (non-hydrogen) atoms.